The molecular weight excluding hydrogens is 305 g/mol. The number of halogens is 1. The number of carbonyl (C=O) groups is 1. The van der Waals surface area contributed by atoms with Crippen molar-refractivity contribution >= 4 is 11.6 Å². The fourth-order valence-electron chi connectivity index (χ4n) is 3.85. The quantitative estimate of drug-likeness (QED) is 0.837. The van der Waals surface area contributed by atoms with Crippen LogP contribution in [-0.2, 0) is 4.79 Å². The Morgan fingerprint density at radius 1 is 1.25 bits per heavy atom. The molecule has 128 valence electrons. The predicted octanol–water partition coefficient (Wildman–Crippen LogP) is 3.17. The van der Waals surface area contributed by atoms with Gasteiger partial charge in [-0.3, -0.25) is 4.79 Å². The molecule has 2 aliphatic heterocycles. The second-order valence-electron chi connectivity index (χ2n) is 7.07. The van der Waals surface area contributed by atoms with Crippen LogP contribution in [0.15, 0.2) is 18.2 Å². The fraction of sp³-hybridized carbons (Fsp3) is 0.579. The molecule has 5 heteroatoms. The Morgan fingerprint density at radius 2 is 2.00 bits per heavy atom. The molecule has 0 aromatic heterocycles. The van der Waals surface area contributed by atoms with E-state index in [4.69, 9.17) is 5.26 Å². The number of nitrogens with zero attached hydrogens (tertiary/aromatic N) is 3. The summed E-state index contributed by atoms with van der Waals surface area (Å²) in [6.45, 7) is 5.33. The molecule has 0 N–H and O–H groups in total. The molecule has 1 amide bonds. The van der Waals surface area contributed by atoms with Gasteiger partial charge < -0.3 is 9.80 Å². The van der Waals surface area contributed by atoms with E-state index in [1.807, 2.05) is 15.9 Å². The molecule has 24 heavy (non-hydrogen) atoms. The van der Waals surface area contributed by atoms with Gasteiger partial charge in [0.1, 0.15) is 5.82 Å². The van der Waals surface area contributed by atoms with Crippen molar-refractivity contribution in [3.63, 3.8) is 0 Å². The van der Waals surface area contributed by atoms with Crippen LogP contribution >= 0.6 is 0 Å². The summed E-state index contributed by atoms with van der Waals surface area (Å²) in [6.07, 6.45) is 3.84. The third-order valence-corrected chi connectivity index (χ3v) is 5.23. The Balaban J connectivity index is 1.59. The van der Waals surface area contributed by atoms with Crippen LogP contribution in [0.25, 0.3) is 0 Å². The summed E-state index contributed by atoms with van der Waals surface area (Å²) in [7, 11) is 0. The molecule has 1 atom stereocenters. The second-order valence-corrected chi connectivity index (χ2v) is 7.07. The van der Waals surface area contributed by atoms with E-state index < -0.39 is 0 Å². The van der Waals surface area contributed by atoms with Crippen molar-refractivity contribution < 1.29 is 9.18 Å². The molecule has 4 nitrogen and oxygen atoms in total. The number of likely N-dealkylation sites (tertiary alicyclic amines) is 1. The number of carbonyl (C=O) groups excluding carboxylic acids is 1. The average molecular weight is 329 g/mol. The lowest BCUT2D eigenvalue weighted by molar-refractivity contribution is -0.137. The van der Waals surface area contributed by atoms with Crippen molar-refractivity contribution in [2.45, 2.75) is 32.6 Å². The Labute approximate surface area is 142 Å². The minimum Gasteiger partial charge on any atom is -0.369 e. The van der Waals surface area contributed by atoms with Crippen LogP contribution < -0.4 is 4.90 Å². The number of hydrogen-bond acceptors (Lipinski definition) is 3. The summed E-state index contributed by atoms with van der Waals surface area (Å²) >= 11 is 0. The highest BCUT2D eigenvalue weighted by atomic mass is 19.1. The van der Waals surface area contributed by atoms with E-state index in [2.05, 4.69) is 6.92 Å². The van der Waals surface area contributed by atoms with Crippen molar-refractivity contribution in [2.75, 3.05) is 31.1 Å². The summed E-state index contributed by atoms with van der Waals surface area (Å²) in [4.78, 5) is 16.7. The van der Waals surface area contributed by atoms with Crippen molar-refractivity contribution in [1.29, 1.82) is 5.26 Å². The second kappa shape index (κ2) is 7.21. The Morgan fingerprint density at radius 3 is 2.62 bits per heavy atom. The Kier molecular flexibility index (Phi) is 5.03. The lowest BCUT2D eigenvalue weighted by Gasteiger charge is -2.37. The topological polar surface area (TPSA) is 47.3 Å². The Bertz CT molecular complexity index is 647. The first kappa shape index (κ1) is 16.8. The van der Waals surface area contributed by atoms with Gasteiger partial charge in [0.25, 0.3) is 0 Å². The number of rotatable bonds is 2. The molecule has 2 heterocycles. The van der Waals surface area contributed by atoms with Gasteiger partial charge in [-0.05, 0) is 49.8 Å². The van der Waals surface area contributed by atoms with Crippen molar-refractivity contribution in [3.8, 4) is 6.07 Å². The third-order valence-electron chi connectivity index (χ3n) is 5.23. The lowest BCUT2D eigenvalue weighted by Crippen LogP contribution is -2.46. The smallest absolute Gasteiger partial charge is 0.225 e. The molecule has 0 spiro atoms. The van der Waals surface area contributed by atoms with Gasteiger partial charge in [-0.1, -0.05) is 6.92 Å². The summed E-state index contributed by atoms with van der Waals surface area (Å²) in [5, 5.41) is 8.83. The van der Waals surface area contributed by atoms with Crippen LogP contribution in [-0.4, -0.2) is 37.0 Å². The molecule has 0 bridgehead atoms. The van der Waals surface area contributed by atoms with Crippen molar-refractivity contribution in [1.82, 2.24) is 4.90 Å². The van der Waals surface area contributed by atoms with Gasteiger partial charge in [-0.2, -0.15) is 5.26 Å². The first-order valence-electron chi connectivity index (χ1n) is 8.82. The van der Waals surface area contributed by atoms with E-state index in [0.717, 1.165) is 32.4 Å². The summed E-state index contributed by atoms with van der Waals surface area (Å²) < 4.78 is 14.1. The van der Waals surface area contributed by atoms with E-state index in [0.29, 0.717) is 30.3 Å². The summed E-state index contributed by atoms with van der Waals surface area (Å²) in [5.41, 5.74) is 0.868. The number of anilines is 1. The molecule has 2 aliphatic rings. The first-order valence-corrected chi connectivity index (χ1v) is 8.82. The van der Waals surface area contributed by atoms with Gasteiger partial charge in [0.15, 0.2) is 0 Å². The predicted molar refractivity (Wildman–Crippen MR) is 91.0 cm³/mol. The van der Waals surface area contributed by atoms with E-state index in [1.165, 1.54) is 12.5 Å². The number of amides is 1. The number of hydrogen-bond donors (Lipinski definition) is 0. The molecule has 2 saturated heterocycles. The molecule has 1 aromatic carbocycles. The molecular formula is C19H24FN3O. The van der Waals surface area contributed by atoms with Crippen LogP contribution in [0.5, 0.6) is 0 Å². The zero-order chi connectivity index (χ0) is 17.1. The monoisotopic (exact) mass is 329 g/mol. The maximum absolute atomic E-state index is 14.1. The number of piperidine rings is 2. The van der Waals surface area contributed by atoms with E-state index in [-0.39, 0.29) is 17.6 Å². The normalized spacial score (nSPS) is 22.3. The summed E-state index contributed by atoms with van der Waals surface area (Å²) in [5.74, 6) is 0.578. The van der Waals surface area contributed by atoms with Gasteiger partial charge in [0.05, 0.1) is 17.3 Å². The maximum atomic E-state index is 14.1. The van der Waals surface area contributed by atoms with Gasteiger partial charge in [0, 0.05) is 32.1 Å². The van der Waals surface area contributed by atoms with Crippen LogP contribution in [0, 0.1) is 29.0 Å². The highest BCUT2D eigenvalue weighted by molar-refractivity contribution is 5.79. The Hall–Kier alpha value is -2.09. The lowest BCUT2D eigenvalue weighted by atomic mass is 9.92. The van der Waals surface area contributed by atoms with E-state index in [1.54, 1.807) is 12.1 Å². The highest BCUT2D eigenvalue weighted by Gasteiger charge is 2.31. The van der Waals surface area contributed by atoms with Gasteiger partial charge in [-0.25, -0.2) is 4.39 Å². The van der Waals surface area contributed by atoms with Gasteiger partial charge in [0.2, 0.25) is 5.91 Å². The molecule has 1 unspecified atom stereocenters. The molecule has 0 aliphatic carbocycles. The van der Waals surface area contributed by atoms with E-state index in [9.17, 15) is 9.18 Å². The minimum atomic E-state index is -0.358. The van der Waals surface area contributed by atoms with Gasteiger partial charge >= 0.3 is 0 Å². The van der Waals surface area contributed by atoms with Crippen LogP contribution in [0.2, 0.25) is 0 Å². The van der Waals surface area contributed by atoms with E-state index >= 15 is 0 Å². The maximum Gasteiger partial charge on any atom is 0.225 e. The zero-order valence-electron chi connectivity index (χ0n) is 14.2. The molecule has 1 aromatic rings. The molecule has 0 saturated carbocycles. The largest absolute Gasteiger partial charge is 0.369 e. The minimum absolute atomic E-state index is 0.0630. The SMILES string of the molecule is CC1CCCN(C(=O)C2CCN(c3ccc(C#N)cc3F)CC2)C1. The highest BCUT2D eigenvalue weighted by Crippen LogP contribution is 2.28. The first-order chi connectivity index (χ1) is 11.6. The third kappa shape index (κ3) is 3.53. The fourth-order valence-corrected chi connectivity index (χ4v) is 3.85. The molecule has 0 radical (unpaired) electrons. The molecule has 2 fully saturated rings. The standard InChI is InChI=1S/C19H24FN3O/c1-14-3-2-8-23(13-14)19(24)16-6-9-22(10-7-16)18-5-4-15(12-21)11-17(18)20/h4-5,11,14,16H,2-3,6-10,13H2,1H3. The van der Waals surface area contributed by atoms with Crippen molar-refractivity contribution in [3.05, 3.63) is 29.6 Å². The number of benzene rings is 1. The number of nitriles is 1. The average Bonchev–Trinajstić information content (AvgIpc) is 2.61. The van der Waals surface area contributed by atoms with Crippen LogP contribution in [0.4, 0.5) is 10.1 Å². The van der Waals surface area contributed by atoms with Crippen LogP contribution in [0.3, 0.4) is 0 Å². The van der Waals surface area contributed by atoms with Crippen LogP contribution in [0.1, 0.15) is 38.2 Å². The van der Waals surface area contributed by atoms with Gasteiger partial charge in [-0.15, -0.1) is 0 Å². The molecule has 3 rings (SSSR count). The summed E-state index contributed by atoms with van der Waals surface area (Å²) in [6, 6.07) is 6.54. The van der Waals surface area contributed by atoms with Crippen molar-refractivity contribution in [2.24, 2.45) is 11.8 Å². The zero-order valence-corrected chi connectivity index (χ0v) is 14.2.